The fourth-order valence-electron chi connectivity index (χ4n) is 2.14. The van der Waals surface area contributed by atoms with Crippen LogP contribution in [0.1, 0.15) is 18.1 Å². The van der Waals surface area contributed by atoms with E-state index in [1.807, 2.05) is 0 Å². The number of benzene rings is 2. The van der Waals surface area contributed by atoms with E-state index < -0.39 is 38.7 Å². The summed E-state index contributed by atoms with van der Waals surface area (Å²) in [5, 5.41) is 1.73. The standard InChI is InChI=1S/C17H16ClF3N2O3S/c1-10-3-6-13(7-4-10)27(25,26)23-11(2)16(24)22-12-5-8-15(18)14(9-12)17(19,20)21/h3-9,11,23H,1-2H3,(H,22,24). The highest BCUT2D eigenvalue weighted by molar-refractivity contribution is 7.89. The lowest BCUT2D eigenvalue weighted by Gasteiger charge is -2.16. The van der Waals surface area contributed by atoms with Gasteiger partial charge in [-0.1, -0.05) is 29.3 Å². The average Bonchev–Trinajstić information content (AvgIpc) is 2.55. The van der Waals surface area contributed by atoms with Crippen molar-refractivity contribution in [3.63, 3.8) is 0 Å². The number of hydrogen-bond acceptors (Lipinski definition) is 3. The van der Waals surface area contributed by atoms with E-state index in [2.05, 4.69) is 10.0 Å². The van der Waals surface area contributed by atoms with Gasteiger partial charge in [0.25, 0.3) is 0 Å². The van der Waals surface area contributed by atoms with Crippen molar-refractivity contribution in [2.24, 2.45) is 0 Å². The molecule has 146 valence electrons. The van der Waals surface area contributed by atoms with E-state index in [4.69, 9.17) is 11.6 Å². The van der Waals surface area contributed by atoms with Gasteiger partial charge in [-0.05, 0) is 44.2 Å². The van der Waals surface area contributed by atoms with Crippen molar-refractivity contribution in [1.29, 1.82) is 0 Å². The van der Waals surface area contributed by atoms with Crippen molar-refractivity contribution in [2.75, 3.05) is 5.32 Å². The van der Waals surface area contributed by atoms with Gasteiger partial charge in [0.05, 0.1) is 21.5 Å². The van der Waals surface area contributed by atoms with E-state index in [1.54, 1.807) is 19.1 Å². The zero-order valence-electron chi connectivity index (χ0n) is 14.3. The Balaban J connectivity index is 2.13. The summed E-state index contributed by atoms with van der Waals surface area (Å²) in [5.41, 5.74) is -0.393. The highest BCUT2D eigenvalue weighted by Gasteiger charge is 2.33. The smallest absolute Gasteiger partial charge is 0.325 e. The van der Waals surface area contributed by atoms with Crippen LogP contribution in [0.4, 0.5) is 18.9 Å². The van der Waals surface area contributed by atoms with Crippen LogP contribution in [0.15, 0.2) is 47.4 Å². The van der Waals surface area contributed by atoms with Crippen LogP contribution in [0.5, 0.6) is 0 Å². The molecule has 0 spiro atoms. The van der Waals surface area contributed by atoms with E-state index in [0.29, 0.717) is 6.07 Å². The molecule has 0 aliphatic rings. The molecular weight excluding hydrogens is 405 g/mol. The molecule has 2 aromatic rings. The Morgan fingerprint density at radius 1 is 1.11 bits per heavy atom. The SMILES string of the molecule is Cc1ccc(S(=O)(=O)NC(C)C(=O)Nc2ccc(Cl)c(C(F)(F)F)c2)cc1. The molecule has 27 heavy (non-hydrogen) atoms. The van der Waals surface area contributed by atoms with Gasteiger partial charge in [-0.3, -0.25) is 4.79 Å². The summed E-state index contributed by atoms with van der Waals surface area (Å²) in [6.07, 6.45) is -4.68. The number of amides is 1. The van der Waals surface area contributed by atoms with Crippen LogP contribution in [0.2, 0.25) is 5.02 Å². The first-order chi connectivity index (χ1) is 12.4. The minimum absolute atomic E-state index is 0.0291. The molecule has 5 nitrogen and oxygen atoms in total. The van der Waals surface area contributed by atoms with Gasteiger partial charge in [0.15, 0.2) is 0 Å². The third kappa shape index (κ3) is 5.44. The van der Waals surface area contributed by atoms with Gasteiger partial charge < -0.3 is 5.32 Å². The Hall–Kier alpha value is -2.10. The number of alkyl halides is 3. The predicted octanol–water partition coefficient (Wildman–Crippen LogP) is 3.97. The second-order valence-electron chi connectivity index (χ2n) is 5.84. The Kier molecular flexibility index (Phi) is 6.18. The van der Waals surface area contributed by atoms with Gasteiger partial charge in [0.1, 0.15) is 0 Å². The molecule has 0 fully saturated rings. The largest absolute Gasteiger partial charge is 0.417 e. The van der Waals surface area contributed by atoms with E-state index >= 15 is 0 Å². The first-order valence-electron chi connectivity index (χ1n) is 7.67. The zero-order valence-corrected chi connectivity index (χ0v) is 15.8. The molecule has 1 amide bonds. The number of halogens is 4. The summed E-state index contributed by atoms with van der Waals surface area (Å²) in [6.45, 7) is 3.07. The summed E-state index contributed by atoms with van der Waals surface area (Å²) in [6, 6.07) is 7.63. The maximum Gasteiger partial charge on any atom is 0.417 e. The van der Waals surface area contributed by atoms with Crippen LogP contribution >= 0.6 is 11.6 Å². The summed E-state index contributed by atoms with van der Waals surface area (Å²) in [4.78, 5) is 12.1. The second-order valence-corrected chi connectivity index (χ2v) is 7.96. The molecule has 2 aromatic carbocycles. The van der Waals surface area contributed by atoms with Gasteiger partial charge in [-0.2, -0.15) is 17.9 Å². The lowest BCUT2D eigenvalue weighted by molar-refractivity contribution is -0.137. The summed E-state index contributed by atoms with van der Waals surface area (Å²) in [7, 11) is -3.96. The first-order valence-corrected chi connectivity index (χ1v) is 9.53. The predicted molar refractivity (Wildman–Crippen MR) is 96.0 cm³/mol. The van der Waals surface area contributed by atoms with E-state index in [9.17, 15) is 26.4 Å². The molecule has 0 radical (unpaired) electrons. The quantitative estimate of drug-likeness (QED) is 0.768. The number of carbonyl (C=O) groups excluding carboxylic acids is 1. The Morgan fingerprint density at radius 2 is 1.70 bits per heavy atom. The van der Waals surface area contributed by atoms with E-state index in [-0.39, 0.29) is 10.6 Å². The molecule has 0 aliphatic heterocycles. The third-order valence-corrected chi connectivity index (χ3v) is 5.48. The molecule has 10 heteroatoms. The Morgan fingerprint density at radius 3 is 2.26 bits per heavy atom. The summed E-state index contributed by atoms with van der Waals surface area (Å²) < 4.78 is 65.4. The van der Waals surface area contributed by atoms with E-state index in [1.165, 1.54) is 25.1 Å². The Bertz CT molecular complexity index is 945. The lowest BCUT2D eigenvalue weighted by atomic mass is 10.2. The number of aryl methyl sites for hydroxylation is 1. The maximum atomic E-state index is 12.9. The molecule has 1 unspecified atom stereocenters. The van der Waals surface area contributed by atoms with Crippen LogP contribution in [-0.2, 0) is 21.0 Å². The fraction of sp³-hybridized carbons (Fsp3) is 0.235. The molecular formula is C17H16ClF3N2O3S. The number of hydrogen-bond donors (Lipinski definition) is 2. The van der Waals surface area contributed by atoms with Crippen LogP contribution in [0.3, 0.4) is 0 Å². The number of rotatable bonds is 5. The van der Waals surface area contributed by atoms with Gasteiger partial charge in [0.2, 0.25) is 15.9 Å². The van der Waals surface area contributed by atoms with Gasteiger partial charge in [-0.15, -0.1) is 0 Å². The normalized spacial score (nSPS) is 13.3. The van der Waals surface area contributed by atoms with Crippen molar-refractivity contribution in [1.82, 2.24) is 4.72 Å². The fourth-order valence-corrected chi connectivity index (χ4v) is 3.57. The summed E-state index contributed by atoms with van der Waals surface area (Å²) in [5.74, 6) is -0.818. The number of nitrogens with one attached hydrogen (secondary N) is 2. The lowest BCUT2D eigenvalue weighted by Crippen LogP contribution is -2.41. The van der Waals surface area contributed by atoms with Crippen LogP contribution in [-0.4, -0.2) is 20.4 Å². The molecule has 0 heterocycles. The second kappa shape index (κ2) is 7.87. The van der Waals surface area contributed by atoms with Crippen LogP contribution in [0, 0.1) is 6.92 Å². The van der Waals surface area contributed by atoms with Gasteiger partial charge in [-0.25, -0.2) is 8.42 Å². The maximum absolute atomic E-state index is 12.9. The molecule has 0 saturated heterocycles. The molecule has 2 rings (SSSR count). The van der Waals surface area contributed by atoms with Gasteiger partial charge in [0, 0.05) is 5.69 Å². The van der Waals surface area contributed by atoms with Crippen molar-refractivity contribution in [3.05, 3.63) is 58.6 Å². The topological polar surface area (TPSA) is 75.3 Å². The molecule has 2 N–H and O–H groups in total. The Labute approximate surface area is 159 Å². The summed E-state index contributed by atoms with van der Waals surface area (Å²) >= 11 is 5.52. The number of carbonyl (C=O) groups is 1. The van der Waals surface area contributed by atoms with Crippen molar-refractivity contribution >= 4 is 33.2 Å². The van der Waals surface area contributed by atoms with Gasteiger partial charge >= 0.3 is 6.18 Å². The van der Waals surface area contributed by atoms with E-state index in [0.717, 1.165) is 11.6 Å². The highest BCUT2D eigenvalue weighted by atomic mass is 35.5. The minimum Gasteiger partial charge on any atom is -0.325 e. The third-order valence-electron chi connectivity index (χ3n) is 3.60. The first kappa shape index (κ1) is 21.2. The van der Waals surface area contributed by atoms with Crippen molar-refractivity contribution < 1.29 is 26.4 Å². The molecule has 0 aliphatic carbocycles. The van der Waals surface area contributed by atoms with Crippen LogP contribution in [0.25, 0.3) is 0 Å². The van der Waals surface area contributed by atoms with Crippen molar-refractivity contribution in [3.8, 4) is 0 Å². The molecule has 0 bridgehead atoms. The molecule has 0 saturated carbocycles. The highest BCUT2D eigenvalue weighted by Crippen LogP contribution is 2.36. The zero-order chi connectivity index (χ0) is 20.4. The van der Waals surface area contributed by atoms with Crippen molar-refractivity contribution in [2.45, 2.75) is 31.0 Å². The average molecular weight is 421 g/mol. The minimum atomic E-state index is -4.68. The molecule has 1 atom stereocenters. The monoisotopic (exact) mass is 420 g/mol. The number of sulfonamides is 1. The number of anilines is 1. The van der Waals surface area contributed by atoms with Crippen LogP contribution < -0.4 is 10.0 Å². The molecule has 0 aromatic heterocycles.